The summed E-state index contributed by atoms with van der Waals surface area (Å²) in [5, 5.41) is 1.20. The number of rotatable bonds is 12. The molecule has 4 aromatic rings. The fourth-order valence-corrected chi connectivity index (χ4v) is 6.19. The minimum absolute atomic E-state index is 0. The lowest BCUT2D eigenvalue weighted by molar-refractivity contribution is -0.697. The van der Waals surface area contributed by atoms with Crippen LogP contribution in [0.25, 0.3) is 11.4 Å². The van der Waals surface area contributed by atoms with E-state index in [0.717, 1.165) is 49.9 Å². The third-order valence-corrected chi connectivity index (χ3v) is 8.57. The van der Waals surface area contributed by atoms with E-state index < -0.39 is 0 Å². The zero-order chi connectivity index (χ0) is 30.5. The van der Waals surface area contributed by atoms with Crippen molar-refractivity contribution in [1.82, 2.24) is 9.80 Å². The van der Waals surface area contributed by atoms with E-state index in [4.69, 9.17) is 23.2 Å². The van der Waals surface area contributed by atoms with Gasteiger partial charge in [-0.25, -0.2) is 9.13 Å². The lowest BCUT2D eigenvalue weighted by Crippen LogP contribution is -2.34. The zero-order valence-electron chi connectivity index (χ0n) is 26.4. The van der Waals surface area contributed by atoms with Crippen molar-refractivity contribution in [3.8, 4) is 0 Å². The topological polar surface area (TPSA) is 48.4 Å². The van der Waals surface area contributed by atoms with Crippen molar-refractivity contribution in [1.29, 1.82) is 0 Å². The standard InChI is InChI=1S/C36H34Cl2N4O2.2CH3/c37-29-15-11-27(12-16-29)33-31-32(35(43)41(33)25-9-7-23-39-19-3-1-4-20-39)34(28-13-17-30(38)18-14-28)42(36(31)44)26-10-8-24-40-21-5-2-6-22-40;;/h1-6,11-22H,7-10,23-26H2;2*1H3/q+2;2*-1. The summed E-state index contributed by atoms with van der Waals surface area (Å²) in [6, 6.07) is 26.8. The number of halogens is 2. The van der Waals surface area contributed by atoms with Gasteiger partial charge < -0.3 is 24.7 Å². The van der Waals surface area contributed by atoms with Gasteiger partial charge in [0.25, 0.3) is 11.8 Å². The first kappa shape index (κ1) is 34.6. The van der Waals surface area contributed by atoms with Crippen LogP contribution in [0.2, 0.25) is 10.0 Å². The second-order valence-corrected chi connectivity index (χ2v) is 11.9. The van der Waals surface area contributed by atoms with Gasteiger partial charge in [-0.15, -0.1) is 0 Å². The van der Waals surface area contributed by atoms with Crippen molar-refractivity contribution >= 4 is 46.4 Å². The lowest BCUT2D eigenvalue weighted by Gasteiger charge is -2.25. The summed E-state index contributed by atoms with van der Waals surface area (Å²) in [6.07, 6.45) is 11.5. The van der Waals surface area contributed by atoms with E-state index in [2.05, 4.69) is 9.13 Å². The Hall–Kier alpha value is -4.26. The first-order valence-electron chi connectivity index (χ1n) is 15.0. The fourth-order valence-electron chi connectivity index (χ4n) is 5.93. The van der Waals surface area contributed by atoms with Gasteiger partial charge in [-0.05, 0) is 48.2 Å². The van der Waals surface area contributed by atoms with E-state index in [1.165, 1.54) is 0 Å². The van der Waals surface area contributed by atoms with Crippen LogP contribution < -0.4 is 9.13 Å². The molecule has 0 saturated carbocycles. The number of aryl methyl sites for hydroxylation is 2. The molecule has 2 aliphatic heterocycles. The molecular weight excluding hydrogens is 615 g/mol. The monoisotopic (exact) mass is 654 g/mol. The molecule has 8 heteroatoms. The Morgan fingerprint density at radius 3 is 1.20 bits per heavy atom. The number of hydrogen-bond acceptors (Lipinski definition) is 2. The number of unbranched alkanes of at least 4 members (excludes halogenated alkanes) is 2. The molecule has 0 unspecified atom stereocenters. The quantitative estimate of drug-likeness (QED) is 0.0919. The highest BCUT2D eigenvalue weighted by molar-refractivity contribution is 6.32. The highest BCUT2D eigenvalue weighted by Gasteiger charge is 2.48. The van der Waals surface area contributed by atoms with Crippen molar-refractivity contribution in [2.24, 2.45) is 0 Å². The smallest absolute Gasteiger partial charge is 0.261 e. The number of benzene rings is 2. The van der Waals surface area contributed by atoms with Crippen molar-refractivity contribution in [2.75, 3.05) is 13.1 Å². The third kappa shape index (κ3) is 7.41. The average Bonchev–Trinajstić information content (AvgIpc) is 3.49. The maximum absolute atomic E-state index is 14.3. The first-order valence-corrected chi connectivity index (χ1v) is 15.8. The second kappa shape index (κ2) is 15.8. The number of pyridine rings is 2. The van der Waals surface area contributed by atoms with Gasteiger partial charge in [-0.3, -0.25) is 9.59 Å². The fraction of sp³-hybridized carbons (Fsp3) is 0.211. The van der Waals surface area contributed by atoms with Gasteiger partial charge >= 0.3 is 0 Å². The Bertz CT molecular complexity index is 1570. The van der Waals surface area contributed by atoms with E-state index in [1.54, 1.807) is 34.1 Å². The number of carbonyl (C=O) groups excluding carboxylic acids is 2. The Balaban J connectivity index is 0.00000240. The first-order chi connectivity index (χ1) is 21.5. The van der Waals surface area contributed by atoms with Crippen LogP contribution >= 0.6 is 23.2 Å². The molecular formula is C38H40Cl2N4O2. The number of carbonyl (C=O) groups is 2. The molecule has 46 heavy (non-hydrogen) atoms. The minimum atomic E-state index is -0.141. The predicted molar refractivity (Wildman–Crippen MR) is 185 cm³/mol. The Kier molecular flexibility index (Phi) is 11.9. The van der Waals surface area contributed by atoms with Crippen LogP contribution in [0.5, 0.6) is 0 Å². The highest BCUT2D eigenvalue weighted by atomic mass is 35.5. The Morgan fingerprint density at radius 2 is 0.848 bits per heavy atom. The molecule has 0 fully saturated rings. The van der Waals surface area contributed by atoms with Crippen LogP contribution in [0, 0.1) is 14.9 Å². The van der Waals surface area contributed by atoms with Gasteiger partial charge in [-0.1, -0.05) is 59.6 Å². The number of amides is 2. The van der Waals surface area contributed by atoms with Crippen LogP contribution in [-0.4, -0.2) is 34.7 Å². The molecule has 0 atom stereocenters. The molecule has 2 aromatic carbocycles. The molecule has 6 rings (SSSR count). The molecule has 0 aliphatic carbocycles. The van der Waals surface area contributed by atoms with Crippen LogP contribution in [0.4, 0.5) is 0 Å². The molecule has 0 spiro atoms. The predicted octanol–water partition coefficient (Wildman–Crippen LogP) is 7.24. The van der Waals surface area contributed by atoms with E-state index in [0.29, 0.717) is 45.7 Å². The van der Waals surface area contributed by atoms with Crippen LogP contribution in [0.15, 0.2) is 121 Å². The summed E-state index contributed by atoms with van der Waals surface area (Å²) >= 11 is 12.5. The van der Waals surface area contributed by atoms with Gasteiger partial charge in [0, 0.05) is 60.2 Å². The minimum Gasteiger partial charge on any atom is -0.358 e. The molecule has 6 nitrogen and oxygen atoms in total. The van der Waals surface area contributed by atoms with Gasteiger partial charge in [0.1, 0.15) is 13.1 Å². The second-order valence-electron chi connectivity index (χ2n) is 11.0. The normalized spacial score (nSPS) is 14.0. The van der Waals surface area contributed by atoms with Gasteiger partial charge in [0.05, 0.1) is 22.5 Å². The molecule has 238 valence electrons. The van der Waals surface area contributed by atoms with Crippen LogP contribution in [-0.2, 0) is 22.7 Å². The molecule has 2 aliphatic rings. The summed E-state index contributed by atoms with van der Waals surface area (Å²) in [5.41, 5.74) is 3.86. The average molecular weight is 656 g/mol. The molecule has 4 heterocycles. The molecule has 0 bridgehead atoms. The number of aromatic nitrogens is 2. The lowest BCUT2D eigenvalue weighted by atomic mass is 10.0. The molecule has 0 radical (unpaired) electrons. The summed E-state index contributed by atoms with van der Waals surface area (Å²) < 4.78 is 4.27. The van der Waals surface area contributed by atoms with Gasteiger partial charge in [0.2, 0.25) is 0 Å². The van der Waals surface area contributed by atoms with Crippen molar-refractivity contribution < 1.29 is 18.7 Å². The number of nitrogens with zero attached hydrogens (tertiary/aromatic N) is 4. The maximum atomic E-state index is 14.3. The SMILES string of the molecule is O=C1C2=C(c3ccc(Cl)cc3)N(CCCC[n+]3ccccc3)C(=O)C2=C(c2ccc(Cl)cc2)N1CCCC[n+]1ccccc1.[CH3-].[CH3-]. The zero-order valence-corrected chi connectivity index (χ0v) is 27.9. The van der Waals surface area contributed by atoms with Crippen molar-refractivity contribution in [3.05, 3.63) is 157 Å². The van der Waals surface area contributed by atoms with E-state index in [9.17, 15) is 9.59 Å². The van der Waals surface area contributed by atoms with E-state index in [-0.39, 0.29) is 26.7 Å². The summed E-state index contributed by atoms with van der Waals surface area (Å²) in [6.45, 7) is 2.71. The molecule has 2 amide bonds. The van der Waals surface area contributed by atoms with Crippen molar-refractivity contribution in [3.63, 3.8) is 0 Å². The molecule has 0 N–H and O–H groups in total. The van der Waals surface area contributed by atoms with E-state index >= 15 is 0 Å². The van der Waals surface area contributed by atoms with Crippen LogP contribution in [0.3, 0.4) is 0 Å². The number of hydrogen-bond donors (Lipinski definition) is 0. The van der Waals surface area contributed by atoms with Crippen molar-refractivity contribution in [2.45, 2.75) is 38.8 Å². The summed E-state index contributed by atoms with van der Waals surface area (Å²) in [7, 11) is 0. The summed E-state index contributed by atoms with van der Waals surface area (Å²) in [5.74, 6) is -0.282. The Labute approximate surface area is 282 Å². The molecule has 2 aromatic heterocycles. The third-order valence-electron chi connectivity index (χ3n) is 8.07. The number of fused-ring (bicyclic) bond motifs is 1. The maximum Gasteiger partial charge on any atom is 0.261 e. The highest BCUT2D eigenvalue weighted by Crippen LogP contribution is 2.46. The summed E-state index contributed by atoms with van der Waals surface area (Å²) in [4.78, 5) is 32.3. The van der Waals surface area contributed by atoms with Gasteiger partial charge in [0.15, 0.2) is 24.8 Å². The van der Waals surface area contributed by atoms with E-state index in [1.807, 2.05) is 85.5 Å². The van der Waals surface area contributed by atoms with Crippen LogP contribution in [0.1, 0.15) is 36.8 Å². The largest absolute Gasteiger partial charge is 0.358 e. The Morgan fingerprint density at radius 1 is 0.500 bits per heavy atom. The molecule has 0 saturated heterocycles. The van der Waals surface area contributed by atoms with Gasteiger partial charge in [-0.2, -0.15) is 0 Å².